The Hall–Kier alpha value is -3.15. The Morgan fingerprint density at radius 1 is 1.07 bits per heavy atom. The average Bonchev–Trinajstić information content (AvgIpc) is 3.13. The molecule has 6 nitrogen and oxygen atoms in total. The van der Waals surface area contributed by atoms with Crippen molar-refractivity contribution in [2.24, 2.45) is 0 Å². The highest BCUT2D eigenvalue weighted by atomic mass is 16.5. The molecule has 1 N–H and O–H groups in total. The molecule has 6 heteroatoms. The van der Waals surface area contributed by atoms with Gasteiger partial charge in [0.05, 0.1) is 7.11 Å². The number of hydrogen-bond donors (Lipinski definition) is 1. The third-order valence-electron chi connectivity index (χ3n) is 4.26. The van der Waals surface area contributed by atoms with Gasteiger partial charge in [0.2, 0.25) is 17.7 Å². The van der Waals surface area contributed by atoms with E-state index in [1.165, 1.54) is 0 Å². The largest absolute Gasteiger partial charge is 0.497 e. The van der Waals surface area contributed by atoms with Gasteiger partial charge in [0, 0.05) is 19.8 Å². The zero-order chi connectivity index (χ0) is 19.1. The molecule has 0 bridgehead atoms. The first-order chi connectivity index (χ1) is 13.1. The smallest absolute Gasteiger partial charge is 0.239 e. The lowest BCUT2D eigenvalue weighted by molar-refractivity contribution is -0.122. The molecule has 0 radical (unpaired) electrons. The van der Waals surface area contributed by atoms with Crippen LogP contribution in [0.15, 0.2) is 59.0 Å². The molecular formula is C21H23N3O3. The number of carbonyl (C=O) groups excluding carboxylic acids is 1. The first kappa shape index (κ1) is 18.6. The van der Waals surface area contributed by atoms with Gasteiger partial charge in [-0.05, 0) is 29.7 Å². The number of nitrogens with zero attached hydrogens (tertiary/aromatic N) is 2. The summed E-state index contributed by atoms with van der Waals surface area (Å²) in [4.78, 5) is 12.5. The summed E-state index contributed by atoms with van der Waals surface area (Å²) in [5, 5.41) is 11.0. The molecule has 140 valence electrons. The lowest BCUT2D eigenvalue weighted by Gasteiger charge is -2.15. The number of aromatic nitrogens is 2. The predicted molar refractivity (Wildman–Crippen MR) is 101 cm³/mol. The van der Waals surface area contributed by atoms with E-state index in [9.17, 15) is 4.79 Å². The molecule has 0 saturated carbocycles. The molecule has 27 heavy (non-hydrogen) atoms. The van der Waals surface area contributed by atoms with E-state index in [4.69, 9.17) is 9.15 Å². The SMILES string of the molecule is COc1ccc(CCC(=O)NC(Cc2ccccc2)c2nnc(C)o2)cc1. The minimum Gasteiger partial charge on any atom is -0.497 e. The highest BCUT2D eigenvalue weighted by molar-refractivity contribution is 5.76. The minimum atomic E-state index is -0.350. The summed E-state index contributed by atoms with van der Waals surface area (Å²) in [5.74, 6) is 1.66. The van der Waals surface area contributed by atoms with Crippen LogP contribution in [0.2, 0.25) is 0 Å². The number of amides is 1. The van der Waals surface area contributed by atoms with Crippen molar-refractivity contribution in [3.05, 3.63) is 77.5 Å². The normalized spacial score (nSPS) is 11.8. The third kappa shape index (κ3) is 5.41. The topological polar surface area (TPSA) is 77.2 Å². The summed E-state index contributed by atoms with van der Waals surface area (Å²) >= 11 is 0. The highest BCUT2D eigenvalue weighted by Gasteiger charge is 2.20. The average molecular weight is 365 g/mol. The summed E-state index contributed by atoms with van der Waals surface area (Å²) in [6.45, 7) is 1.74. The Morgan fingerprint density at radius 3 is 2.44 bits per heavy atom. The van der Waals surface area contributed by atoms with E-state index < -0.39 is 0 Å². The van der Waals surface area contributed by atoms with E-state index in [1.54, 1.807) is 14.0 Å². The van der Waals surface area contributed by atoms with Crippen molar-refractivity contribution >= 4 is 5.91 Å². The number of hydrogen-bond acceptors (Lipinski definition) is 5. The molecule has 0 aliphatic rings. The Morgan fingerprint density at radius 2 is 1.81 bits per heavy atom. The van der Waals surface area contributed by atoms with Gasteiger partial charge in [0.1, 0.15) is 11.8 Å². The number of aryl methyl sites for hydroxylation is 2. The number of carbonyl (C=O) groups is 1. The molecule has 0 aliphatic carbocycles. The molecule has 0 saturated heterocycles. The molecule has 0 spiro atoms. The molecule has 0 aliphatic heterocycles. The molecule has 1 amide bonds. The van der Waals surface area contributed by atoms with E-state index in [0.29, 0.717) is 31.0 Å². The van der Waals surface area contributed by atoms with Crippen LogP contribution in [0.5, 0.6) is 5.75 Å². The van der Waals surface area contributed by atoms with Crippen molar-refractivity contribution in [1.82, 2.24) is 15.5 Å². The third-order valence-corrected chi connectivity index (χ3v) is 4.26. The fourth-order valence-electron chi connectivity index (χ4n) is 2.82. The molecular weight excluding hydrogens is 342 g/mol. The van der Waals surface area contributed by atoms with Crippen LogP contribution in [0.4, 0.5) is 0 Å². The number of ether oxygens (including phenoxy) is 1. The van der Waals surface area contributed by atoms with E-state index in [0.717, 1.165) is 16.9 Å². The van der Waals surface area contributed by atoms with Gasteiger partial charge in [-0.1, -0.05) is 42.5 Å². The summed E-state index contributed by atoms with van der Waals surface area (Å²) in [7, 11) is 1.63. The van der Waals surface area contributed by atoms with E-state index >= 15 is 0 Å². The van der Waals surface area contributed by atoms with Crippen molar-refractivity contribution in [1.29, 1.82) is 0 Å². The van der Waals surface area contributed by atoms with Gasteiger partial charge in [0.25, 0.3) is 0 Å². The summed E-state index contributed by atoms with van der Waals surface area (Å²) < 4.78 is 10.7. The predicted octanol–water partition coefficient (Wildman–Crippen LogP) is 3.42. The highest BCUT2D eigenvalue weighted by Crippen LogP contribution is 2.18. The fourth-order valence-corrected chi connectivity index (χ4v) is 2.82. The summed E-state index contributed by atoms with van der Waals surface area (Å²) in [6, 6.07) is 17.3. The van der Waals surface area contributed by atoms with Crippen LogP contribution >= 0.6 is 0 Å². The lowest BCUT2D eigenvalue weighted by Crippen LogP contribution is -2.30. The van der Waals surface area contributed by atoms with Gasteiger partial charge in [0.15, 0.2) is 0 Å². The van der Waals surface area contributed by atoms with Crippen LogP contribution in [-0.2, 0) is 17.6 Å². The Bertz CT molecular complexity index is 860. The quantitative estimate of drug-likeness (QED) is 0.662. The number of rotatable bonds is 8. The molecule has 3 rings (SSSR count). The van der Waals surface area contributed by atoms with Gasteiger partial charge < -0.3 is 14.5 Å². The molecule has 2 aromatic carbocycles. The lowest BCUT2D eigenvalue weighted by atomic mass is 10.0. The molecule has 3 aromatic rings. The molecule has 1 heterocycles. The Labute approximate surface area is 158 Å². The standard InChI is InChI=1S/C21H23N3O3/c1-15-23-24-21(27-15)19(14-17-6-4-3-5-7-17)22-20(25)13-10-16-8-11-18(26-2)12-9-16/h3-9,11-12,19H,10,13-14H2,1-2H3,(H,22,25). The molecule has 1 unspecified atom stereocenters. The zero-order valence-corrected chi connectivity index (χ0v) is 15.5. The molecule has 1 atom stereocenters. The van der Waals surface area contributed by atoms with Crippen molar-refractivity contribution in [3.63, 3.8) is 0 Å². The van der Waals surface area contributed by atoms with Crippen molar-refractivity contribution < 1.29 is 13.9 Å². The molecule has 1 aromatic heterocycles. The molecule has 0 fully saturated rings. The van der Waals surface area contributed by atoms with Gasteiger partial charge in [-0.15, -0.1) is 10.2 Å². The van der Waals surface area contributed by atoms with E-state index in [2.05, 4.69) is 15.5 Å². The van der Waals surface area contributed by atoms with Gasteiger partial charge in [-0.2, -0.15) is 0 Å². The Balaban J connectivity index is 1.62. The van der Waals surface area contributed by atoms with Crippen molar-refractivity contribution in [2.75, 3.05) is 7.11 Å². The van der Waals surface area contributed by atoms with Crippen LogP contribution in [0.1, 0.15) is 35.4 Å². The Kier molecular flexibility index (Phi) is 6.20. The van der Waals surface area contributed by atoms with Gasteiger partial charge in [-0.3, -0.25) is 4.79 Å². The van der Waals surface area contributed by atoms with Crippen LogP contribution in [-0.4, -0.2) is 23.2 Å². The second-order valence-electron chi connectivity index (χ2n) is 6.32. The first-order valence-electron chi connectivity index (χ1n) is 8.90. The van der Waals surface area contributed by atoms with Crippen LogP contribution in [0.3, 0.4) is 0 Å². The van der Waals surface area contributed by atoms with Gasteiger partial charge in [-0.25, -0.2) is 0 Å². The number of nitrogens with one attached hydrogen (secondary N) is 1. The maximum absolute atomic E-state index is 12.5. The fraction of sp³-hybridized carbons (Fsp3) is 0.286. The summed E-state index contributed by atoms with van der Waals surface area (Å²) in [6.07, 6.45) is 1.62. The maximum atomic E-state index is 12.5. The van der Waals surface area contributed by atoms with Crippen LogP contribution < -0.4 is 10.1 Å². The second-order valence-corrected chi connectivity index (χ2v) is 6.32. The van der Waals surface area contributed by atoms with Crippen LogP contribution in [0.25, 0.3) is 0 Å². The number of benzene rings is 2. The van der Waals surface area contributed by atoms with E-state index in [1.807, 2.05) is 54.6 Å². The number of methoxy groups -OCH3 is 1. The van der Waals surface area contributed by atoms with Crippen LogP contribution in [0, 0.1) is 6.92 Å². The summed E-state index contributed by atoms with van der Waals surface area (Å²) in [5.41, 5.74) is 2.17. The second kappa shape index (κ2) is 8.98. The maximum Gasteiger partial charge on any atom is 0.239 e. The van der Waals surface area contributed by atoms with Crippen molar-refractivity contribution in [3.8, 4) is 5.75 Å². The van der Waals surface area contributed by atoms with E-state index in [-0.39, 0.29) is 11.9 Å². The zero-order valence-electron chi connectivity index (χ0n) is 15.5. The van der Waals surface area contributed by atoms with Crippen molar-refractivity contribution in [2.45, 2.75) is 32.2 Å². The van der Waals surface area contributed by atoms with Gasteiger partial charge >= 0.3 is 0 Å². The first-order valence-corrected chi connectivity index (χ1v) is 8.90. The monoisotopic (exact) mass is 365 g/mol. The minimum absolute atomic E-state index is 0.0531.